The van der Waals surface area contributed by atoms with E-state index < -0.39 is 11.9 Å². The molecule has 92 valence electrons. The number of hydrogen-bond donors (Lipinski definition) is 1. The van der Waals surface area contributed by atoms with E-state index in [-0.39, 0.29) is 18.0 Å². The van der Waals surface area contributed by atoms with Gasteiger partial charge in [0.15, 0.2) is 0 Å². The summed E-state index contributed by atoms with van der Waals surface area (Å²) in [5.74, 6) is -2.18. The van der Waals surface area contributed by atoms with Gasteiger partial charge in [0.25, 0.3) is 0 Å². The minimum absolute atomic E-state index is 0.174. The van der Waals surface area contributed by atoms with Gasteiger partial charge in [0.2, 0.25) is 5.91 Å². The van der Waals surface area contributed by atoms with Gasteiger partial charge in [0, 0.05) is 12.1 Å². The molecule has 1 aliphatic rings. The number of likely N-dealkylation sites (tertiary alicyclic amines) is 1. The highest BCUT2D eigenvalue weighted by atomic mass is 16.4. The van der Waals surface area contributed by atoms with Crippen molar-refractivity contribution >= 4 is 11.9 Å². The van der Waals surface area contributed by atoms with Crippen molar-refractivity contribution in [2.45, 2.75) is 58.5 Å². The SMILES string of the molecule is CC[C@@H]1CCC[C@H](C)N1C(=O)C(C)C(=O)O. The van der Waals surface area contributed by atoms with E-state index in [2.05, 4.69) is 6.92 Å². The van der Waals surface area contributed by atoms with Crippen LogP contribution in [0.1, 0.15) is 46.5 Å². The van der Waals surface area contributed by atoms with E-state index in [0.29, 0.717) is 0 Å². The Morgan fingerprint density at radius 3 is 2.56 bits per heavy atom. The van der Waals surface area contributed by atoms with E-state index >= 15 is 0 Å². The van der Waals surface area contributed by atoms with Crippen LogP contribution in [-0.2, 0) is 9.59 Å². The summed E-state index contributed by atoms with van der Waals surface area (Å²) in [5.41, 5.74) is 0. The molecule has 1 heterocycles. The third-order valence-corrected chi connectivity index (χ3v) is 3.49. The minimum Gasteiger partial charge on any atom is -0.481 e. The molecule has 1 saturated heterocycles. The summed E-state index contributed by atoms with van der Waals surface area (Å²) < 4.78 is 0. The molecular formula is C12H21NO3. The first kappa shape index (κ1) is 13.0. The first-order chi connectivity index (χ1) is 7.49. The highest BCUT2D eigenvalue weighted by molar-refractivity contribution is 5.96. The summed E-state index contributed by atoms with van der Waals surface area (Å²) in [6.45, 7) is 5.53. The Bertz CT molecular complexity index is 277. The number of amides is 1. The molecule has 0 radical (unpaired) electrons. The maximum absolute atomic E-state index is 12.1. The van der Waals surface area contributed by atoms with E-state index in [1.165, 1.54) is 6.92 Å². The first-order valence-corrected chi connectivity index (χ1v) is 6.04. The third kappa shape index (κ3) is 2.54. The highest BCUT2D eigenvalue weighted by Crippen LogP contribution is 2.26. The van der Waals surface area contributed by atoms with Gasteiger partial charge in [0.05, 0.1) is 0 Å². The molecular weight excluding hydrogens is 206 g/mol. The number of carboxylic acid groups (broad SMARTS) is 1. The zero-order valence-electron chi connectivity index (χ0n) is 10.3. The molecule has 0 aromatic rings. The summed E-state index contributed by atoms with van der Waals surface area (Å²) >= 11 is 0. The van der Waals surface area contributed by atoms with Crippen LogP contribution in [-0.4, -0.2) is 34.0 Å². The minimum atomic E-state index is -1.03. The summed E-state index contributed by atoms with van der Waals surface area (Å²) in [6.07, 6.45) is 4.01. The van der Waals surface area contributed by atoms with Gasteiger partial charge in [0.1, 0.15) is 5.92 Å². The molecule has 4 nitrogen and oxygen atoms in total. The van der Waals surface area contributed by atoms with Gasteiger partial charge in [-0.05, 0) is 39.5 Å². The van der Waals surface area contributed by atoms with Crippen molar-refractivity contribution in [1.29, 1.82) is 0 Å². The summed E-state index contributed by atoms with van der Waals surface area (Å²) in [5, 5.41) is 8.88. The molecule has 4 heteroatoms. The lowest BCUT2D eigenvalue weighted by molar-refractivity contribution is -0.153. The molecule has 0 bridgehead atoms. The number of piperidine rings is 1. The number of rotatable bonds is 3. The van der Waals surface area contributed by atoms with Crippen LogP contribution < -0.4 is 0 Å². The molecule has 1 rings (SSSR count). The predicted molar refractivity (Wildman–Crippen MR) is 61.0 cm³/mol. The van der Waals surface area contributed by atoms with Crippen molar-refractivity contribution in [1.82, 2.24) is 4.90 Å². The number of nitrogens with zero attached hydrogens (tertiary/aromatic N) is 1. The molecule has 0 spiro atoms. The van der Waals surface area contributed by atoms with Crippen LogP contribution in [0.3, 0.4) is 0 Å². The van der Waals surface area contributed by atoms with Gasteiger partial charge in [-0.15, -0.1) is 0 Å². The van der Waals surface area contributed by atoms with E-state index in [9.17, 15) is 9.59 Å². The lowest BCUT2D eigenvalue weighted by Crippen LogP contribution is -2.51. The molecule has 1 fully saturated rings. The zero-order chi connectivity index (χ0) is 12.3. The third-order valence-electron chi connectivity index (χ3n) is 3.49. The van der Waals surface area contributed by atoms with Crippen molar-refractivity contribution in [2.75, 3.05) is 0 Å². The Kier molecular flexibility index (Phi) is 4.33. The summed E-state index contributed by atoms with van der Waals surface area (Å²) in [6, 6.07) is 0.394. The van der Waals surface area contributed by atoms with Gasteiger partial charge in [-0.1, -0.05) is 6.92 Å². The van der Waals surface area contributed by atoms with Gasteiger partial charge >= 0.3 is 5.97 Å². The molecule has 0 saturated carbocycles. The van der Waals surface area contributed by atoms with Crippen molar-refractivity contribution in [2.24, 2.45) is 5.92 Å². The average Bonchev–Trinajstić information content (AvgIpc) is 2.26. The Morgan fingerprint density at radius 1 is 1.44 bits per heavy atom. The second-order valence-electron chi connectivity index (χ2n) is 4.65. The van der Waals surface area contributed by atoms with Crippen LogP contribution in [0.4, 0.5) is 0 Å². The van der Waals surface area contributed by atoms with Crippen LogP contribution in [0.25, 0.3) is 0 Å². The van der Waals surface area contributed by atoms with Gasteiger partial charge in [-0.25, -0.2) is 0 Å². The molecule has 1 N–H and O–H groups in total. The number of hydrogen-bond acceptors (Lipinski definition) is 2. The van der Waals surface area contributed by atoms with Crippen molar-refractivity contribution in [3.05, 3.63) is 0 Å². The lowest BCUT2D eigenvalue weighted by Gasteiger charge is -2.41. The maximum Gasteiger partial charge on any atom is 0.315 e. The van der Waals surface area contributed by atoms with Gasteiger partial charge < -0.3 is 10.0 Å². The Labute approximate surface area is 96.6 Å². The quantitative estimate of drug-likeness (QED) is 0.749. The number of carbonyl (C=O) groups excluding carboxylic acids is 1. The topological polar surface area (TPSA) is 57.6 Å². The summed E-state index contributed by atoms with van der Waals surface area (Å²) in [7, 11) is 0. The van der Waals surface area contributed by atoms with E-state index in [0.717, 1.165) is 25.7 Å². The normalized spacial score (nSPS) is 27.6. The van der Waals surface area contributed by atoms with Crippen molar-refractivity contribution in [3.63, 3.8) is 0 Å². The average molecular weight is 227 g/mol. The van der Waals surface area contributed by atoms with Crippen LogP contribution in [0, 0.1) is 5.92 Å². The molecule has 1 aliphatic heterocycles. The Hall–Kier alpha value is -1.06. The van der Waals surface area contributed by atoms with Crippen molar-refractivity contribution in [3.8, 4) is 0 Å². The van der Waals surface area contributed by atoms with Gasteiger partial charge in [-0.3, -0.25) is 9.59 Å². The summed E-state index contributed by atoms with van der Waals surface area (Å²) in [4.78, 5) is 24.7. The highest BCUT2D eigenvalue weighted by Gasteiger charge is 2.35. The monoisotopic (exact) mass is 227 g/mol. The van der Waals surface area contributed by atoms with E-state index in [4.69, 9.17) is 5.11 Å². The lowest BCUT2D eigenvalue weighted by atomic mass is 9.93. The first-order valence-electron chi connectivity index (χ1n) is 6.04. The smallest absolute Gasteiger partial charge is 0.315 e. The van der Waals surface area contributed by atoms with E-state index in [1.54, 1.807) is 4.90 Å². The molecule has 0 aliphatic carbocycles. The largest absolute Gasteiger partial charge is 0.481 e. The molecule has 0 aromatic heterocycles. The Morgan fingerprint density at radius 2 is 2.06 bits per heavy atom. The van der Waals surface area contributed by atoms with Crippen molar-refractivity contribution < 1.29 is 14.7 Å². The molecule has 16 heavy (non-hydrogen) atoms. The number of aliphatic carboxylic acids is 1. The second kappa shape index (κ2) is 5.32. The maximum atomic E-state index is 12.1. The molecule has 3 atom stereocenters. The number of carboxylic acids is 1. The molecule has 1 unspecified atom stereocenters. The van der Waals surface area contributed by atoms with Crippen LogP contribution >= 0.6 is 0 Å². The van der Waals surface area contributed by atoms with Crippen LogP contribution in [0.15, 0.2) is 0 Å². The fourth-order valence-corrected chi connectivity index (χ4v) is 2.41. The zero-order valence-corrected chi connectivity index (χ0v) is 10.3. The Balaban J connectivity index is 2.80. The fourth-order valence-electron chi connectivity index (χ4n) is 2.41. The predicted octanol–water partition coefficient (Wildman–Crippen LogP) is 1.89. The van der Waals surface area contributed by atoms with E-state index in [1.807, 2.05) is 6.92 Å². The van der Waals surface area contributed by atoms with Crippen LogP contribution in [0.2, 0.25) is 0 Å². The van der Waals surface area contributed by atoms with Crippen LogP contribution in [0.5, 0.6) is 0 Å². The molecule has 1 amide bonds. The second-order valence-corrected chi connectivity index (χ2v) is 4.65. The molecule has 0 aromatic carbocycles. The van der Waals surface area contributed by atoms with Gasteiger partial charge in [-0.2, -0.15) is 0 Å². The number of carbonyl (C=O) groups is 2. The standard InChI is InChI=1S/C12H21NO3/c1-4-10-7-5-6-8(2)13(10)11(14)9(3)12(15)16/h8-10H,4-7H2,1-3H3,(H,15,16)/t8-,9?,10+/m0/s1. The fraction of sp³-hybridized carbons (Fsp3) is 0.833.